The zero-order valence-corrected chi connectivity index (χ0v) is 12.4. The third-order valence-electron chi connectivity index (χ3n) is 4.45. The molecule has 3 rings (SSSR count). The molecular weight excluding hydrogens is 293 g/mol. The summed E-state index contributed by atoms with van der Waals surface area (Å²) < 4.78 is 38.9. The van der Waals surface area contributed by atoms with Crippen LogP contribution in [-0.2, 0) is 16.5 Å². The van der Waals surface area contributed by atoms with Crippen molar-refractivity contribution in [2.75, 3.05) is 6.54 Å². The van der Waals surface area contributed by atoms with Gasteiger partial charge in [0.05, 0.1) is 17.1 Å². The molecule has 1 saturated heterocycles. The van der Waals surface area contributed by atoms with Crippen LogP contribution >= 0.6 is 0 Å². The second-order valence-electron chi connectivity index (χ2n) is 6.31. The van der Waals surface area contributed by atoms with Crippen molar-refractivity contribution in [2.45, 2.75) is 50.4 Å². The van der Waals surface area contributed by atoms with Gasteiger partial charge in [-0.3, -0.25) is 4.79 Å². The molecular formula is C16H19F3N2O. The first-order chi connectivity index (χ1) is 10.3. The summed E-state index contributed by atoms with van der Waals surface area (Å²) in [5, 5.41) is 6.08. The maximum atomic E-state index is 13.0. The molecule has 0 bridgehead atoms. The van der Waals surface area contributed by atoms with Gasteiger partial charge in [0.15, 0.2) is 0 Å². The van der Waals surface area contributed by atoms with Crippen molar-refractivity contribution in [1.29, 1.82) is 0 Å². The van der Waals surface area contributed by atoms with Gasteiger partial charge in [-0.1, -0.05) is 11.6 Å². The lowest BCUT2D eigenvalue weighted by Gasteiger charge is -2.22. The van der Waals surface area contributed by atoms with E-state index in [1.165, 1.54) is 6.07 Å². The first kappa shape index (κ1) is 15.3. The summed E-state index contributed by atoms with van der Waals surface area (Å²) in [6, 6.07) is 3.83. The number of halogens is 3. The average Bonchev–Trinajstić information content (AvgIpc) is 3.00. The van der Waals surface area contributed by atoms with Gasteiger partial charge in [0.2, 0.25) is 5.91 Å². The van der Waals surface area contributed by atoms with E-state index in [9.17, 15) is 18.0 Å². The summed E-state index contributed by atoms with van der Waals surface area (Å²) >= 11 is 0. The van der Waals surface area contributed by atoms with E-state index in [1.807, 2.05) is 0 Å². The van der Waals surface area contributed by atoms with Crippen molar-refractivity contribution < 1.29 is 18.0 Å². The van der Waals surface area contributed by atoms with Gasteiger partial charge < -0.3 is 10.6 Å². The second kappa shape index (κ2) is 5.26. The molecule has 1 aromatic carbocycles. The highest BCUT2D eigenvalue weighted by Gasteiger charge is 2.47. The Morgan fingerprint density at radius 2 is 2.05 bits per heavy atom. The fourth-order valence-electron chi connectivity index (χ4n) is 3.07. The van der Waals surface area contributed by atoms with Crippen LogP contribution in [0.3, 0.4) is 0 Å². The van der Waals surface area contributed by atoms with Gasteiger partial charge in [0.1, 0.15) is 0 Å². The highest BCUT2D eigenvalue weighted by atomic mass is 19.4. The molecule has 6 heteroatoms. The van der Waals surface area contributed by atoms with Crippen LogP contribution in [0.1, 0.15) is 42.4 Å². The molecule has 1 saturated carbocycles. The van der Waals surface area contributed by atoms with Gasteiger partial charge in [0.25, 0.3) is 0 Å². The quantitative estimate of drug-likeness (QED) is 0.901. The van der Waals surface area contributed by atoms with Crippen molar-refractivity contribution in [2.24, 2.45) is 0 Å². The normalized spacial score (nSPS) is 23.4. The fraction of sp³-hybridized carbons (Fsp3) is 0.562. The minimum atomic E-state index is -4.37. The molecule has 0 spiro atoms. The number of carbonyl (C=O) groups excluding carboxylic acids is 1. The van der Waals surface area contributed by atoms with E-state index in [2.05, 4.69) is 10.6 Å². The summed E-state index contributed by atoms with van der Waals surface area (Å²) in [4.78, 5) is 12.2. The molecule has 120 valence electrons. The number of benzene rings is 1. The van der Waals surface area contributed by atoms with Crippen LogP contribution in [-0.4, -0.2) is 18.5 Å². The molecule has 1 aliphatic heterocycles. The zero-order valence-electron chi connectivity index (χ0n) is 12.4. The number of nitrogens with one attached hydrogen (secondary N) is 2. The van der Waals surface area contributed by atoms with Crippen molar-refractivity contribution in [3.05, 3.63) is 34.9 Å². The van der Waals surface area contributed by atoms with Crippen LogP contribution in [0.2, 0.25) is 0 Å². The van der Waals surface area contributed by atoms with Crippen molar-refractivity contribution in [1.82, 2.24) is 10.6 Å². The summed E-state index contributed by atoms with van der Waals surface area (Å²) in [5.41, 5.74) is -0.148. The van der Waals surface area contributed by atoms with Gasteiger partial charge in [0, 0.05) is 0 Å². The van der Waals surface area contributed by atoms with Gasteiger partial charge in [-0.2, -0.15) is 13.2 Å². The van der Waals surface area contributed by atoms with Crippen LogP contribution in [0, 0.1) is 6.92 Å². The van der Waals surface area contributed by atoms with Gasteiger partial charge in [-0.15, -0.1) is 0 Å². The van der Waals surface area contributed by atoms with E-state index in [-0.39, 0.29) is 11.9 Å². The SMILES string of the molecule is Cc1cc(C(F)(F)F)cc(C2(NC(=O)[C@H]3CCCN3)CC2)c1. The molecule has 0 aromatic heterocycles. The molecule has 0 radical (unpaired) electrons. The highest BCUT2D eigenvalue weighted by molar-refractivity contribution is 5.83. The lowest BCUT2D eigenvalue weighted by molar-refractivity contribution is -0.137. The third-order valence-corrected chi connectivity index (χ3v) is 4.45. The van der Waals surface area contributed by atoms with Crippen LogP contribution < -0.4 is 10.6 Å². The molecule has 1 aliphatic carbocycles. The Kier molecular flexibility index (Phi) is 3.67. The third kappa shape index (κ3) is 2.97. The van der Waals surface area contributed by atoms with Gasteiger partial charge in [-0.05, 0) is 56.8 Å². The van der Waals surface area contributed by atoms with E-state index < -0.39 is 17.3 Å². The number of aryl methyl sites for hydroxylation is 1. The Hall–Kier alpha value is -1.56. The lowest BCUT2D eigenvalue weighted by Crippen LogP contribution is -2.45. The van der Waals surface area contributed by atoms with Gasteiger partial charge in [-0.25, -0.2) is 0 Å². The molecule has 2 fully saturated rings. The molecule has 1 amide bonds. The van der Waals surface area contributed by atoms with Crippen molar-refractivity contribution >= 4 is 5.91 Å². The molecule has 1 atom stereocenters. The minimum Gasteiger partial charge on any atom is -0.345 e. The fourth-order valence-corrected chi connectivity index (χ4v) is 3.07. The number of carbonyl (C=O) groups is 1. The van der Waals surface area contributed by atoms with E-state index >= 15 is 0 Å². The first-order valence-corrected chi connectivity index (χ1v) is 7.55. The topological polar surface area (TPSA) is 41.1 Å². The second-order valence-corrected chi connectivity index (χ2v) is 6.31. The average molecular weight is 312 g/mol. The van der Waals surface area contributed by atoms with Gasteiger partial charge >= 0.3 is 6.18 Å². The smallest absolute Gasteiger partial charge is 0.345 e. The van der Waals surface area contributed by atoms with Crippen LogP contribution in [0.15, 0.2) is 18.2 Å². The number of hydrogen-bond donors (Lipinski definition) is 2. The zero-order chi connectivity index (χ0) is 16.0. The standard InChI is InChI=1S/C16H19F3N2O/c1-10-7-11(9-12(8-10)16(17,18)19)15(4-5-15)21-14(22)13-3-2-6-20-13/h7-9,13,20H,2-6H2,1H3,(H,21,22)/t13-/m1/s1. The molecule has 1 aromatic rings. The molecule has 2 N–H and O–H groups in total. The largest absolute Gasteiger partial charge is 0.416 e. The molecule has 1 heterocycles. The Morgan fingerprint density at radius 3 is 2.59 bits per heavy atom. The predicted octanol–water partition coefficient (Wildman–Crippen LogP) is 2.87. The Balaban J connectivity index is 1.83. The maximum absolute atomic E-state index is 13.0. The first-order valence-electron chi connectivity index (χ1n) is 7.55. The minimum absolute atomic E-state index is 0.106. The molecule has 0 unspecified atom stereocenters. The predicted molar refractivity (Wildman–Crippen MR) is 76.3 cm³/mol. The Morgan fingerprint density at radius 1 is 1.32 bits per heavy atom. The molecule has 3 nitrogen and oxygen atoms in total. The summed E-state index contributed by atoms with van der Waals surface area (Å²) in [6.45, 7) is 2.46. The summed E-state index contributed by atoms with van der Waals surface area (Å²) in [6.07, 6.45) is -1.26. The lowest BCUT2D eigenvalue weighted by atomic mass is 9.98. The Labute approximate surface area is 127 Å². The van der Waals surface area contributed by atoms with E-state index in [0.29, 0.717) is 24.0 Å². The van der Waals surface area contributed by atoms with Crippen LogP contribution in [0.25, 0.3) is 0 Å². The van der Waals surface area contributed by atoms with E-state index in [4.69, 9.17) is 0 Å². The van der Waals surface area contributed by atoms with E-state index in [1.54, 1.807) is 13.0 Å². The number of alkyl halides is 3. The van der Waals surface area contributed by atoms with Crippen LogP contribution in [0.5, 0.6) is 0 Å². The number of amides is 1. The maximum Gasteiger partial charge on any atom is 0.416 e. The monoisotopic (exact) mass is 312 g/mol. The highest BCUT2D eigenvalue weighted by Crippen LogP contribution is 2.47. The van der Waals surface area contributed by atoms with E-state index in [0.717, 1.165) is 25.5 Å². The number of rotatable bonds is 3. The molecule has 22 heavy (non-hydrogen) atoms. The molecule has 2 aliphatic rings. The van der Waals surface area contributed by atoms with Crippen molar-refractivity contribution in [3.8, 4) is 0 Å². The Bertz CT molecular complexity index is 588. The van der Waals surface area contributed by atoms with Crippen LogP contribution in [0.4, 0.5) is 13.2 Å². The summed E-state index contributed by atoms with van der Waals surface area (Å²) in [5.74, 6) is -0.106. The number of hydrogen-bond acceptors (Lipinski definition) is 2. The summed E-state index contributed by atoms with van der Waals surface area (Å²) in [7, 11) is 0. The van der Waals surface area contributed by atoms with Crippen molar-refractivity contribution in [3.63, 3.8) is 0 Å².